The summed E-state index contributed by atoms with van der Waals surface area (Å²) in [6.45, 7) is 4.44. The lowest BCUT2D eigenvalue weighted by Gasteiger charge is -2.16. The Morgan fingerprint density at radius 2 is 2.47 bits per heavy atom. The maximum Gasteiger partial charge on any atom is 0.371 e. The molecule has 1 aromatic heterocycles. The second kappa shape index (κ2) is 4.91. The Labute approximate surface area is 87.8 Å². The maximum atomic E-state index is 10.6. The van der Waals surface area contributed by atoms with Crippen molar-refractivity contribution < 1.29 is 14.3 Å². The van der Waals surface area contributed by atoms with Crippen LogP contribution < -0.4 is 4.90 Å². The van der Waals surface area contributed by atoms with Gasteiger partial charge in [0.25, 0.3) is 0 Å². The molecule has 0 aromatic carbocycles. The average Bonchev–Trinajstić information content (AvgIpc) is 2.66. The fourth-order valence-corrected chi connectivity index (χ4v) is 1.11. The zero-order valence-electron chi connectivity index (χ0n) is 8.14. The lowest BCUT2D eigenvalue weighted by Crippen LogP contribution is -2.22. The van der Waals surface area contributed by atoms with Crippen LogP contribution in [-0.2, 0) is 0 Å². The maximum absolute atomic E-state index is 10.6. The molecule has 15 heavy (non-hydrogen) atoms. The molecule has 0 unspecified atom stereocenters. The van der Waals surface area contributed by atoms with E-state index in [1.807, 2.05) is 0 Å². The molecule has 0 spiro atoms. The van der Waals surface area contributed by atoms with E-state index >= 15 is 0 Å². The van der Waals surface area contributed by atoms with E-state index in [2.05, 4.69) is 12.5 Å². The fourth-order valence-electron chi connectivity index (χ4n) is 1.11. The number of carbonyl (C=O) groups is 1. The van der Waals surface area contributed by atoms with Crippen LogP contribution in [0, 0.1) is 12.3 Å². The first-order valence-corrected chi connectivity index (χ1v) is 4.31. The summed E-state index contributed by atoms with van der Waals surface area (Å²) in [5.41, 5.74) is 0. The Kier molecular flexibility index (Phi) is 3.58. The summed E-state index contributed by atoms with van der Waals surface area (Å²) in [5, 5.41) is 8.67. The molecular formula is C11H11NO3. The molecule has 1 heterocycles. The van der Waals surface area contributed by atoms with Crippen molar-refractivity contribution in [3.05, 3.63) is 30.5 Å². The Hall–Kier alpha value is -2.15. The molecule has 4 nitrogen and oxygen atoms in total. The van der Waals surface area contributed by atoms with Crippen molar-refractivity contribution in [2.45, 2.75) is 0 Å². The van der Waals surface area contributed by atoms with Gasteiger partial charge in [-0.15, -0.1) is 13.0 Å². The van der Waals surface area contributed by atoms with E-state index in [0.29, 0.717) is 19.0 Å². The van der Waals surface area contributed by atoms with Crippen molar-refractivity contribution in [1.29, 1.82) is 0 Å². The summed E-state index contributed by atoms with van der Waals surface area (Å²) in [6, 6.07) is 2.97. The molecule has 1 aromatic rings. The van der Waals surface area contributed by atoms with Crippen LogP contribution in [0.3, 0.4) is 0 Å². The van der Waals surface area contributed by atoms with Crippen LogP contribution in [0.1, 0.15) is 10.6 Å². The van der Waals surface area contributed by atoms with Crippen LogP contribution in [0.5, 0.6) is 0 Å². The minimum atomic E-state index is -1.10. The van der Waals surface area contributed by atoms with Gasteiger partial charge in [-0.3, -0.25) is 0 Å². The predicted octanol–water partition coefficient (Wildman–Crippen LogP) is 1.60. The zero-order valence-corrected chi connectivity index (χ0v) is 8.14. The molecule has 0 amide bonds. The second-order valence-corrected chi connectivity index (χ2v) is 2.82. The quantitative estimate of drug-likeness (QED) is 0.586. The highest BCUT2D eigenvalue weighted by atomic mass is 16.4. The first-order chi connectivity index (χ1) is 7.19. The highest BCUT2D eigenvalue weighted by Crippen LogP contribution is 2.18. The first kappa shape index (κ1) is 10.9. The molecule has 0 saturated heterocycles. The van der Waals surface area contributed by atoms with E-state index in [1.54, 1.807) is 17.0 Å². The van der Waals surface area contributed by atoms with Gasteiger partial charge in [-0.25, -0.2) is 4.79 Å². The normalized spacial score (nSPS) is 9.27. The lowest BCUT2D eigenvalue weighted by atomic mass is 10.4. The summed E-state index contributed by atoms with van der Waals surface area (Å²) < 4.78 is 5.10. The van der Waals surface area contributed by atoms with Crippen LogP contribution >= 0.6 is 0 Å². The summed E-state index contributed by atoms with van der Waals surface area (Å²) in [4.78, 5) is 12.3. The van der Waals surface area contributed by atoms with Crippen molar-refractivity contribution in [3.8, 4) is 12.3 Å². The molecule has 1 rings (SSSR count). The molecular weight excluding hydrogens is 194 g/mol. The van der Waals surface area contributed by atoms with Gasteiger partial charge in [-0.05, 0) is 6.07 Å². The minimum absolute atomic E-state index is 0.101. The molecule has 0 atom stereocenters. The summed E-state index contributed by atoms with van der Waals surface area (Å²) in [7, 11) is 0. The molecule has 4 heteroatoms. The first-order valence-electron chi connectivity index (χ1n) is 4.31. The molecule has 0 aliphatic rings. The number of hydrogen-bond donors (Lipinski definition) is 1. The van der Waals surface area contributed by atoms with Crippen molar-refractivity contribution in [3.63, 3.8) is 0 Å². The Balaban J connectivity index is 2.86. The van der Waals surface area contributed by atoms with Crippen molar-refractivity contribution in [2.24, 2.45) is 0 Å². The van der Waals surface area contributed by atoms with Gasteiger partial charge >= 0.3 is 5.97 Å². The van der Waals surface area contributed by atoms with E-state index < -0.39 is 5.97 Å². The van der Waals surface area contributed by atoms with E-state index in [0.717, 1.165) is 0 Å². The van der Waals surface area contributed by atoms with Crippen LogP contribution in [0.25, 0.3) is 0 Å². The largest absolute Gasteiger partial charge is 0.475 e. The van der Waals surface area contributed by atoms with Gasteiger partial charge < -0.3 is 14.4 Å². The van der Waals surface area contributed by atoms with E-state index in [1.165, 1.54) is 6.07 Å². The van der Waals surface area contributed by atoms with E-state index in [9.17, 15) is 4.79 Å². The van der Waals surface area contributed by atoms with Gasteiger partial charge in [0.15, 0.2) is 5.88 Å². The number of rotatable bonds is 5. The standard InChI is InChI=1S/C11H11NO3/c1-3-7-12(8-4-2)10-6-5-9(15-10)11(13)14/h1,4-6H,2,7-8H2,(H,13,14). The van der Waals surface area contributed by atoms with Crippen molar-refractivity contribution >= 4 is 11.9 Å². The Morgan fingerprint density at radius 1 is 1.73 bits per heavy atom. The summed E-state index contributed by atoms with van der Waals surface area (Å²) >= 11 is 0. The third kappa shape index (κ3) is 2.64. The molecule has 0 fully saturated rings. The number of terminal acetylenes is 1. The molecule has 0 radical (unpaired) electrons. The summed E-state index contributed by atoms with van der Waals surface area (Å²) in [6.07, 6.45) is 6.85. The SMILES string of the molecule is C#CCN(CC=C)c1ccc(C(=O)O)o1. The number of carboxylic acid groups (broad SMARTS) is 1. The highest BCUT2D eigenvalue weighted by molar-refractivity contribution is 5.84. The highest BCUT2D eigenvalue weighted by Gasteiger charge is 2.12. The average molecular weight is 205 g/mol. The second-order valence-electron chi connectivity index (χ2n) is 2.82. The lowest BCUT2D eigenvalue weighted by molar-refractivity contribution is 0.0663. The number of hydrogen-bond acceptors (Lipinski definition) is 3. The van der Waals surface area contributed by atoms with Gasteiger partial charge in [0.2, 0.25) is 5.76 Å². The molecule has 0 aliphatic heterocycles. The number of furan rings is 1. The number of carboxylic acids is 1. The van der Waals surface area contributed by atoms with Gasteiger partial charge in [0.05, 0.1) is 6.54 Å². The number of anilines is 1. The van der Waals surface area contributed by atoms with Gasteiger partial charge in [0, 0.05) is 12.6 Å². The van der Waals surface area contributed by atoms with Gasteiger partial charge in [-0.2, -0.15) is 0 Å². The molecule has 0 aliphatic carbocycles. The van der Waals surface area contributed by atoms with Crippen LogP contribution in [0.4, 0.5) is 5.88 Å². The van der Waals surface area contributed by atoms with Crippen molar-refractivity contribution in [1.82, 2.24) is 0 Å². The van der Waals surface area contributed by atoms with Crippen LogP contribution in [0.2, 0.25) is 0 Å². The zero-order chi connectivity index (χ0) is 11.3. The summed E-state index contributed by atoms with van der Waals surface area (Å²) in [5.74, 6) is 1.70. The molecule has 0 bridgehead atoms. The molecule has 78 valence electrons. The smallest absolute Gasteiger partial charge is 0.371 e. The van der Waals surface area contributed by atoms with E-state index in [4.69, 9.17) is 15.9 Å². The topological polar surface area (TPSA) is 53.7 Å². The molecule has 0 saturated carbocycles. The third-order valence-corrected chi connectivity index (χ3v) is 1.75. The number of aromatic carboxylic acids is 1. The number of nitrogens with zero attached hydrogens (tertiary/aromatic N) is 1. The van der Waals surface area contributed by atoms with Crippen molar-refractivity contribution in [2.75, 3.05) is 18.0 Å². The third-order valence-electron chi connectivity index (χ3n) is 1.75. The molecule has 1 N–H and O–H groups in total. The minimum Gasteiger partial charge on any atom is -0.475 e. The van der Waals surface area contributed by atoms with Gasteiger partial charge in [-0.1, -0.05) is 12.0 Å². The van der Waals surface area contributed by atoms with Crippen LogP contribution in [-0.4, -0.2) is 24.2 Å². The predicted molar refractivity (Wildman–Crippen MR) is 56.9 cm³/mol. The Morgan fingerprint density at radius 3 is 2.93 bits per heavy atom. The fraction of sp³-hybridized carbons (Fsp3) is 0.182. The Bertz CT molecular complexity index is 400. The van der Waals surface area contributed by atoms with Gasteiger partial charge in [0.1, 0.15) is 0 Å². The van der Waals surface area contributed by atoms with Crippen LogP contribution in [0.15, 0.2) is 29.2 Å². The monoisotopic (exact) mass is 205 g/mol. The van der Waals surface area contributed by atoms with E-state index in [-0.39, 0.29) is 5.76 Å².